The van der Waals surface area contributed by atoms with E-state index in [1.54, 1.807) is 5.01 Å². The fourth-order valence-corrected chi connectivity index (χ4v) is 3.64. The molecule has 0 bridgehead atoms. The summed E-state index contributed by atoms with van der Waals surface area (Å²) in [5, 5.41) is 4.85. The highest BCUT2D eigenvalue weighted by Gasteiger charge is 2.20. The maximum atomic E-state index is 12.2. The van der Waals surface area contributed by atoms with Gasteiger partial charge in [-0.3, -0.25) is 0 Å². The first kappa shape index (κ1) is 16.4. The molecule has 6 nitrogen and oxygen atoms in total. The summed E-state index contributed by atoms with van der Waals surface area (Å²) in [7, 11) is 0.568. The molecule has 1 aliphatic rings. The van der Waals surface area contributed by atoms with Gasteiger partial charge in [-0.05, 0) is 25.2 Å². The number of hydrogen-bond acceptors (Lipinski definition) is 5. The molecule has 0 aromatic heterocycles. The molecule has 0 amide bonds. The highest BCUT2D eigenvalue weighted by atomic mass is 32.2. The molecular formula is C14H24N4O2S. The first-order valence-corrected chi connectivity index (χ1v) is 8.80. The third kappa shape index (κ3) is 5.37. The van der Waals surface area contributed by atoms with Gasteiger partial charge < -0.3 is 10.2 Å². The van der Waals surface area contributed by atoms with Gasteiger partial charge in [0.15, 0.2) is 0 Å². The van der Waals surface area contributed by atoms with Crippen molar-refractivity contribution in [2.45, 2.75) is 12.3 Å². The first-order valence-electron chi connectivity index (χ1n) is 7.14. The van der Waals surface area contributed by atoms with Gasteiger partial charge in [0.1, 0.15) is 0 Å². The van der Waals surface area contributed by atoms with E-state index in [4.69, 9.17) is 0 Å². The van der Waals surface area contributed by atoms with Gasteiger partial charge in [0.2, 0.25) is 10.0 Å². The van der Waals surface area contributed by atoms with Crippen LogP contribution in [0, 0.1) is 0 Å². The van der Waals surface area contributed by atoms with Gasteiger partial charge >= 0.3 is 0 Å². The fraction of sp³-hybridized carbons (Fsp3) is 0.571. The van der Waals surface area contributed by atoms with Crippen molar-refractivity contribution in [2.75, 3.05) is 40.3 Å². The summed E-state index contributed by atoms with van der Waals surface area (Å²) in [5.74, 6) is 0.0108. The number of benzene rings is 1. The highest BCUT2D eigenvalue weighted by Crippen LogP contribution is 2.09. The lowest BCUT2D eigenvalue weighted by atomic mass is 10.1. The van der Waals surface area contributed by atoms with E-state index in [9.17, 15) is 8.42 Å². The van der Waals surface area contributed by atoms with E-state index in [1.165, 1.54) is 0 Å². The first-order chi connectivity index (χ1) is 9.98. The summed E-state index contributed by atoms with van der Waals surface area (Å²) < 4.78 is 24.5. The summed E-state index contributed by atoms with van der Waals surface area (Å²) in [6, 6.07) is 7.66. The highest BCUT2D eigenvalue weighted by molar-refractivity contribution is 7.88. The van der Waals surface area contributed by atoms with Gasteiger partial charge in [0, 0.05) is 32.7 Å². The second-order valence-electron chi connectivity index (χ2n) is 5.49. The number of piperazine rings is 1. The summed E-state index contributed by atoms with van der Waals surface area (Å²) in [6.07, 6.45) is 0. The molecule has 2 N–H and O–H groups in total. The Morgan fingerprint density at radius 1 is 1.14 bits per heavy atom. The lowest BCUT2D eigenvalue weighted by Crippen LogP contribution is -2.52. The van der Waals surface area contributed by atoms with E-state index in [2.05, 4.69) is 15.0 Å². The van der Waals surface area contributed by atoms with Crippen molar-refractivity contribution in [3.05, 3.63) is 35.4 Å². The van der Waals surface area contributed by atoms with Crippen molar-refractivity contribution < 1.29 is 8.42 Å². The number of likely N-dealkylation sites (N-methyl/N-ethyl adjacent to an activating group) is 1. The van der Waals surface area contributed by atoms with Gasteiger partial charge in [-0.1, -0.05) is 24.3 Å². The molecule has 0 atom stereocenters. The van der Waals surface area contributed by atoms with Crippen molar-refractivity contribution in [1.29, 1.82) is 0 Å². The topological polar surface area (TPSA) is 64.7 Å². The molecule has 0 unspecified atom stereocenters. The Hall–Kier alpha value is -0.990. The van der Waals surface area contributed by atoms with Gasteiger partial charge in [0.25, 0.3) is 0 Å². The second kappa shape index (κ2) is 7.33. The van der Waals surface area contributed by atoms with Crippen LogP contribution in [0.2, 0.25) is 0 Å². The normalized spacial score (nSPS) is 18.0. The zero-order valence-electron chi connectivity index (χ0n) is 12.7. The number of sulfonamides is 1. The van der Waals surface area contributed by atoms with E-state index in [-0.39, 0.29) is 5.75 Å². The number of hydrogen-bond donors (Lipinski definition) is 2. The maximum Gasteiger partial charge on any atom is 0.228 e. The van der Waals surface area contributed by atoms with Gasteiger partial charge in [-0.25, -0.2) is 13.4 Å². The van der Waals surface area contributed by atoms with Gasteiger partial charge in [0.05, 0.1) is 5.75 Å². The molecule has 1 fully saturated rings. The minimum atomic E-state index is -3.35. The largest absolute Gasteiger partial charge is 0.316 e. The Kier molecular flexibility index (Phi) is 5.72. The predicted octanol–water partition coefficient (Wildman–Crippen LogP) is -0.0122. The van der Waals surface area contributed by atoms with Crippen molar-refractivity contribution in [3.8, 4) is 0 Å². The Balaban J connectivity index is 1.95. The Morgan fingerprint density at radius 2 is 1.81 bits per heavy atom. The van der Waals surface area contributed by atoms with E-state index in [0.717, 1.165) is 43.9 Å². The molecule has 1 aliphatic heterocycles. The number of rotatable bonds is 6. The average Bonchev–Trinajstić information content (AvgIpc) is 2.41. The molecule has 21 heavy (non-hydrogen) atoms. The van der Waals surface area contributed by atoms with Crippen LogP contribution in [-0.4, -0.2) is 58.6 Å². The maximum absolute atomic E-state index is 12.2. The van der Waals surface area contributed by atoms with Crippen LogP contribution in [0.1, 0.15) is 11.1 Å². The van der Waals surface area contributed by atoms with E-state index < -0.39 is 10.0 Å². The zero-order valence-corrected chi connectivity index (χ0v) is 13.5. The monoisotopic (exact) mass is 312 g/mol. The molecule has 1 aromatic carbocycles. The minimum Gasteiger partial charge on any atom is -0.316 e. The third-order valence-corrected chi connectivity index (χ3v) is 4.75. The van der Waals surface area contributed by atoms with Crippen LogP contribution in [0.3, 0.4) is 0 Å². The van der Waals surface area contributed by atoms with Crippen LogP contribution < -0.4 is 10.1 Å². The van der Waals surface area contributed by atoms with Crippen LogP contribution in [-0.2, 0) is 22.3 Å². The minimum absolute atomic E-state index is 0.0108. The molecule has 0 saturated carbocycles. The quantitative estimate of drug-likeness (QED) is 0.773. The van der Waals surface area contributed by atoms with E-state index in [0.29, 0.717) is 0 Å². The molecule has 2 rings (SSSR count). The van der Waals surface area contributed by atoms with Gasteiger partial charge in [-0.15, -0.1) is 4.83 Å². The van der Waals surface area contributed by atoms with E-state index in [1.807, 2.05) is 38.4 Å². The number of nitrogens with one attached hydrogen (secondary N) is 2. The lowest BCUT2D eigenvalue weighted by molar-refractivity contribution is 0.134. The van der Waals surface area contributed by atoms with Crippen molar-refractivity contribution >= 4 is 10.0 Å². The summed E-state index contributed by atoms with van der Waals surface area (Å²) in [5.41, 5.74) is 1.90. The molecule has 1 heterocycles. The summed E-state index contributed by atoms with van der Waals surface area (Å²) >= 11 is 0. The smallest absolute Gasteiger partial charge is 0.228 e. The third-order valence-electron chi connectivity index (χ3n) is 3.50. The summed E-state index contributed by atoms with van der Waals surface area (Å²) in [6.45, 7) is 3.92. The van der Waals surface area contributed by atoms with Crippen LogP contribution in [0.4, 0.5) is 0 Å². The zero-order chi connectivity index (χ0) is 15.3. The SMILES string of the molecule is CNCc1cccc(CS(=O)(=O)NN2CCN(C)CC2)c1. The predicted molar refractivity (Wildman–Crippen MR) is 84.0 cm³/mol. The number of nitrogens with zero attached hydrogens (tertiary/aromatic N) is 2. The lowest BCUT2D eigenvalue weighted by Gasteiger charge is -2.32. The standard InChI is InChI=1S/C14H24N4O2S/c1-15-11-13-4-3-5-14(10-13)12-21(19,20)16-18-8-6-17(2)7-9-18/h3-5,10,15-16H,6-9,11-12H2,1-2H3. The Bertz CT molecular complexity index is 554. The number of hydrazine groups is 1. The van der Waals surface area contributed by atoms with E-state index >= 15 is 0 Å². The van der Waals surface area contributed by atoms with Gasteiger partial charge in [-0.2, -0.15) is 0 Å². The molecule has 1 saturated heterocycles. The molecule has 0 aliphatic carbocycles. The van der Waals surface area contributed by atoms with Crippen molar-refractivity contribution in [3.63, 3.8) is 0 Å². The molecule has 118 valence electrons. The molecule has 0 radical (unpaired) electrons. The van der Waals surface area contributed by atoms with Crippen molar-refractivity contribution in [2.24, 2.45) is 0 Å². The average molecular weight is 312 g/mol. The molecule has 1 aromatic rings. The Morgan fingerprint density at radius 3 is 2.48 bits per heavy atom. The molecule has 7 heteroatoms. The van der Waals surface area contributed by atoms with Crippen LogP contribution in [0.5, 0.6) is 0 Å². The molecule has 0 spiro atoms. The molecular weight excluding hydrogens is 288 g/mol. The van der Waals surface area contributed by atoms with Crippen LogP contribution >= 0.6 is 0 Å². The fourth-order valence-electron chi connectivity index (χ4n) is 2.38. The van der Waals surface area contributed by atoms with Crippen LogP contribution in [0.25, 0.3) is 0 Å². The van der Waals surface area contributed by atoms with Crippen molar-refractivity contribution in [1.82, 2.24) is 20.1 Å². The Labute approximate surface area is 127 Å². The van der Waals surface area contributed by atoms with Crippen LogP contribution in [0.15, 0.2) is 24.3 Å². The summed E-state index contributed by atoms with van der Waals surface area (Å²) in [4.78, 5) is 4.87. The second-order valence-corrected chi connectivity index (χ2v) is 7.19.